The van der Waals surface area contributed by atoms with E-state index in [-0.39, 0.29) is 5.91 Å². The number of ether oxygens (including phenoxy) is 2. The molecule has 0 N–H and O–H groups in total. The van der Waals surface area contributed by atoms with Gasteiger partial charge in [-0.3, -0.25) is 9.69 Å². The molecule has 0 atom stereocenters. The molecule has 0 unspecified atom stereocenters. The number of thioether (sulfide) groups is 1. The summed E-state index contributed by atoms with van der Waals surface area (Å²) >= 11 is 1.58. The standard InChI is InChI=1S/C23H28N4O4S/c1-25-9-8-24-23(25)32-16-19-5-7-21(31-19)22(28)27-12-10-26(11-13-27)15-17-14-18(29-2)4-6-20(17)30-3/h4-9,14H,10-13,15-16H2,1-3H3. The Balaban J connectivity index is 1.30. The molecule has 1 aliphatic rings. The molecule has 1 saturated heterocycles. The summed E-state index contributed by atoms with van der Waals surface area (Å²) in [7, 11) is 5.29. The number of benzene rings is 1. The Morgan fingerprint density at radius 2 is 1.94 bits per heavy atom. The number of nitrogens with zero attached hydrogens (tertiary/aromatic N) is 4. The number of rotatable bonds is 8. The summed E-state index contributed by atoms with van der Waals surface area (Å²) in [5.41, 5.74) is 1.08. The third-order valence-corrected chi connectivity index (χ3v) is 6.61. The number of hydrogen-bond acceptors (Lipinski definition) is 7. The van der Waals surface area contributed by atoms with Gasteiger partial charge < -0.3 is 23.4 Å². The average molecular weight is 457 g/mol. The van der Waals surface area contributed by atoms with Crippen LogP contribution in [-0.2, 0) is 19.3 Å². The van der Waals surface area contributed by atoms with Gasteiger partial charge in [-0.1, -0.05) is 11.8 Å². The maximum absolute atomic E-state index is 12.9. The summed E-state index contributed by atoms with van der Waals surface area (Å²) in [5.74, 6) is 3.39. The third-order valence-electron chi connectivity index (χ3n) is 5.53. The Morgan fingerprint density at radius 3 is 2.62 bits per heavy atom. The van der Waals surface area contributed by atoms with Gasteiger partial charge in [0.15, 0.2) is 10.9 Å². The van der Waals surface area contributed by atoms with E-state index in [1.165, 1.54) is 0 Å². The highest BCUT2D eigenvalue weighted by molar-refractivity contribution is 7.98. The first kappa shape index (κ1) is 22.3. The van der Waals surface area contributed by atoms with Crippen LogP contribution < -0.4 is 9.47 Å². The third kappa shape index (κ3) is 5.11. The SMILES string of the molecule is COc1ccc(OC)c(CN2CCN(C(=O)c3ccc(CSc4nccn4C)o3)CC2)c1. The summed E-state index contributed by atoms with van der Waals surface area (Å²) in [6.45, 7) is 3.63. The molecule has 0 aliphatic carbocycles. The second-order valence-corrected chi connectivity index (χ2v) is 8.56. The van der Waals surface area contributed by atoms with Crippen LogP contribution in [0.2, 0.25) is 0 Å². The molecule has 170 valence electrons. The van der Waals surface area contributed by atoms with E-state index < -0.39 is 0 Å². The highest BCUT2D eigenvalue weighted by Gasteiger charge is 2.25. The normalized spacial score (nSPS) is 14.5. The van der Waals surface area contributed by atoms with E-state index in [9.17, 15) is 4.79 Å². The number of aryl methyl sites for hydroxylation is 1. The van der Waals surface area contributed by atoms with Gasteiger partial charge in [0.05, 0.1) is 20.0 Å². The van der Waals surface area contributed by atoms with Crippen LogP contribution in [0.1, 0.15) is 21.9 Å². The predicted octanol–water partition coefficient (Wildman–Crippen LogP) is 3.28. The fourth-order valence-electron chi connectivity index (χ4n) is 3.71. The van der Waals surface area contributed by atoms with Crippen molar-refractivity contribution in [2.24, 2.45) is 7.05 Å². The summed E-state index contributed by atoms with van der Waals surface area (Å²) in [6, 6.07) is 9.46. The van der Waals surface area contributed by atoms with Gasteiger partial charge in [0.25, 0.3) is 5.91 Å². The van der Waals surface area contributed by atoms with Gasteiger partial charge in [0.1, 0.15) is 17.3 Å². The number of carbonyl (C=O) groups excluding carboxylic acids is 1. The van der Waals surface area contributed by atoms with E-state index in [0.29, 0.717) is 24.6 Å². The molecular weight excluding hydrogens is 428 g/mol. The minimum absolute atomic E-state index is 0.0585. The van der Waals surface area contributed by atoms with Crippen LogP contribution in [-0.4, -0.2) is 65.7 Å². The smallest absolute Gasteiger partial charge is 0.289 e. The number of aromatic nitrogens is 2. The number of hydrogen-bond donors (Lipinski definition) is 0. The lowest BCUT2D eigenvalue weighted by molar-refractivity contribution is 0.0595. The van der Waals surface area contributed by atoms with E-state index in [0.717, 1.165) is 47.6 Å². The van der Waals surface area contributed by atoms with Crippen LogP contribution in [0.5, 0.6) is 11.5 Å². The number of carbonyl (C=O) groups is 1. The van der Waals surface area contributed by atoms with Crippen molar-refractivity contribution in [3.63, 3.8) is 0 Å². The maximum atomic E-state index is 12.9. The monoisotopic (exact) mass is 456 g/mol. The Morgan fingerprint density at radius 1 is 1.12 bits per heavy atom. The second kappa shape index (κ2) is 10.1. The number of imidazole rings is 1. The summed E-state index contributed by atoms with van der Waals surface area (Å²) in [5, 5.41) is 0.915. The molecule has 1 aromatic carbocycles. The highest BCUT2D eigenvalue weighted by Crippen LogP contribution is 2.26. The zero-order valence-corrected chi connectivity index (χ0v) is 19.4. The molecule has 8 nitrogen and oxygen atoms in total. The van der Waals surface area contributed by atoms with E-state index >= 15 is 0 Å². The molecule has 0 spiro atoms. The molecule has 3 aromatic rings. The molecule has 2 aromatic heterocycles. The molecule has 32 heavy (non-hydrogen) atoms. The van der Waals surface area contributed by atoms with Crippen molar-refractivity contribution in [1.29, 1.82) is 0 Å². The maximum Gasteiger partial charge on any atom is 0.289 e. The van der Waals surface area contributed by atoms with Gasteiger partial charge in [0, 0.05) is 57.7 Å². The minimum atomic E-state index is -0.0585. The van der Waals surface area contributed by atoms with Crippen molar-refractivity contribution < 1.29 is 18.7 Å². The molecule has 3 heterocycles. The molecule has 0 bridgehead atoms. The molecule has 1 amide bonds. The van der Waals surface area contributed by atoms with Crippen LogP contribution >= 0.6 is 11.8 Å². The average Bonchev–Trinajstić information content (AvgIpc) is 3.46. The zero-order valence-electron chi connectivity index (χ0n) is 18.6. The molecule has 1 aliphatic heterocycles. The molecule has 9 heteroatoms. The van der Waals surface area contributed by atoms with E-state index in [1.807, 2.05) is 47.0 Å². The fourth-order valence-corrected chi connectivity index (χ4v) is 4.53. The molecule has 0 radical (unpaired) electrons. The number of amides is 1. The van der Waals surface area contributed by atoms with Crippen molar-refractivity contribution in [1.82, 2.24) is 19.4 Å². The predicted molar refractivity (Wildman–Crippen MR) is 122 cm³/mol. The van der Waals surface area contributed by atoms with Crippen molar-refractivity contribution in [2.45, 2.75) is 17.5 Å². The van der Waals surface area contributed by atoms with Gasteiger partial charge >= 0.3 is 0 Å². The number of methoxy groups -OCH3 is 2. The number of furan rings is 1. The Labute approximate surface area is 192 Å². The highest BCUT2D eigenvalue weighted by atomic mass is 32.2. The second-order valence-electron chi connectivity index (χ2n) is 7.62. The Kier molecular flexibility index (Phi) is 7.06. The van der Waals surface area contributed by atoms with Crippen molar-refractivity contribution >= 4 is 17.7 Å². The van der Waals surface area contributed by atoms with Gasteiger partial charge in [0.2, 0.25) is 0 Å². The lowest BCUT2D eigenvalue weighted by atomic mass is 10.1. The van der Waals surface area contributed by atoms with Crippen LogP contribution in [0.25, 0.3) is 0 Å². The molecule has 1 fully saturated rings. The molecule has 0 saturated carbocycles. The Bertz CT molecular complexity index is 1060. The first-order valence-electron chi connectivity index (χ1n) is 10.5. The van der Waals surface area contributed by atoms with Crippen molar-refractivity contribution in [3.05, 3.63) is 59.8 Å². The van der Waals surface area contributed by atoms with E-state index in [4.69, 9.17) is 13.9 Å². The van der Waals surface area contributed by atoms with Crippen LogP contribution in [0.3, 0.4) is 0 Å². The van der Waals surface area contributed by atoms with E-state index in [1.54, 1.807) is 38.2 Å². The topological polar surface area (TPSA) is 73.0 Å². The van der Waals surface area contributed by atoms with Crippen LogP contribution in [0.4, 0.5) is 0 Å². The first-order valence-corrected chi connectivity index (χ1v) is 11.5. The summed E-state index contributed by atoms with van der Waals surface area (Å²) in [6.07, 6.45) is 3.67. The van der Waals surface area contributed by atoms with Crippen LogP contribution in [0.15, 0.2) is 52.3 Å². The van der Waals surface area contributed by atoms with Gasteiger partial charge in [-0.2, -0.15) is 0 Å². The van der Waals surface area contributed by atoms with Gasteiger partial charge in [-0.25, -0.2) is 4.98 Å². The van der Waals surface area contributed by atoms with Crippen molar-refractivity contribution in [3.8, 4) is 11.5 Å². The van der Waals surface area contributed by atoms with Crippen LogP contribution in [0, 0.1) is 0 Å². The lowest BCUT2D eigenvalue weighted by Gasteiger charge is -2.34. The summed E-state index contributed by atoms with van der Waals surface area (Å²) in [4.78, 5) is 21.4. The van der Waals surface area contributed by atoms with Gasteiger partial charge in [-0.05, 0) is 30.3 Å². The van der Waals surface area contributed by atoms with Crippen molar-refractivity contribution in [2.75, 3.05) is 40.4 Å². The molecule has 4 rings (SSSR count). The quantitative estimate of drug-likeness (QED) is 0.482. The molecular formula is C23H28N4O4S. The zero-order chi connectivity index (χ0) is 22.5. The summed E-state index contributed by atoms with van der Waals surface area (Å²) < 4.78 is 18.6. The van der Waals surface area contributed by atoms with Gasteiger partial charge in [-0.15, -0.1) is 0 Å². The first-order chi connectivity index (χ1) is 15.6. The lowest BCUT2D eigenvalue weighted by Crippen LogP contribution is -2.48. The van der Waals surface area contributed by atoms with E-state index in [2.05, 4.69) is 9.88 Å². The Hall–Kier alpha value is -2.91. The fraction of sp³-hybridized carbons (Fsp3) is 0.391. The largest absolute Gasteiger partial charge is 0.497 e. The number of piperazine rings is 1. The minimum Gasteiger partial charge on any atom is -0.497 e.